The Morgan fingerprint density at radius 1 is 1.39 bits per heavy atom. The lowest BCUT2D eigenvalue weighted by Crippen LogP contribution is -1.98. The van der Waals surface area contributed by atoms with Gasteiger partial charge in [-0.05, 0) is 17.7 Å². The van der Waals surface area contributed by atoms with Gasteiger partial charge in [-0.15, -0.1) is 5.10 Å². The Morgan fingerprint density at radius 3 is 2.61 bits per heavy atom. The summed E-state index contributed by atoms with van der Waals surface area (Å²) in [5.41, 5.74) is 0.987. The number of non-ortho nitro benzene ring substituents is 1. The molecule has 0 saturated heterocycles. The highest BCUT2D eigenvalue weighted by Gasteiger charge is 2.11. The van der Waals surface area contributed by atoms with Gasteiger partial charge in [0.1, 0.15) is 6.29 Å². The second-order valence-corrected chi connectivity index (χ2v) is 3.56. The number of hydrogen-bond donors (Lipinski definition) is 1. The molecule has 0 radical (unpaired) electrons. The second kappa shape index (κ2) is 4.66. The highest BCUT2D eigenvalue weighted by atomic mass is 16.6. The third-order valence-corrected chi connectivity index (χ3v) is 2.39. The zero-order chi connectivity index (χ0) is 13.1. The van der Waals surface area contributed by atoms with Gasteiger partial charge in [0.25, 0.3) is 5.69 Å². The van der Waals surface area contributed by atoms with Gasteiger partial charge in [-0.2, -0.15) is 0 Å². The number of benzene rings is 1. The molecule has 2 rings (SSSR count). The zero-order valence-electron chi connectivity index (χ0n) is 9.18. The normalized spacial score (nSPS) is 10.2. The summed E-state index contributed by atoms with van der Waals surface area (Å²) in [6.45, 7) is 0.0422. The Morgan fingerprint density at radius 2 is 2.06 bits per heavy atom. The average molecular weight is 247 g/mol. The van der Waals surface area contributed by atoms with Gasteiger partial charge in [0.2, 0.25) is 5.88 Å². The number of carbonyl (C=O) groups excluding carboxylic acids is 1. The SMILES string of the molecule is O=CCn1cc(-c2ccc([N+](=O)[O-])cc2)c(O)n1. The first-order chi connectivity index (χ1) is 8.61. The molecule has 1 aromatic carbocycles. The average Bonchev–Trinajstić information content (AvgIpc) is 2.71. The van der Waals surface area contributed by atoms with Crippen molar-refractivity contribution in [2.75, 3.05) is 0 Å². The largest absolute Gasteiger partial charge is 0.492 e. The summed E-state index contributed by atoms with van der Waals surface area (Å²) in [5.74, 6) is -0.217. The van der Waals surface area contributed by atoms with E-state index in [0.29, 0.717) is 17.4 Å². The van der Waals surface area contributed by atoms with E-state index in [-0.39, 0.29) is 18.1 Å². The Labute approximate surface area is 101 Å². The minimum absolute atomic E-state index is 0.0291. The number of aromatic nitrogens is 2. The molecule has 0 unspecified atom stereocenters. The maximum absolute atomic E-state index is 10.5. The van der Waals surface area contributed by atoms with Crippen LogP contribution in [0.25, 0.3) is 11.1 Å². The van der Waals surface area contributed by atoms with Crippen molar-refractivity contribution >= 4 is 12.0 Å². The maximum atomic E-state index is 10.5. The van der Waals surface area contributed by atoms with Crippen molar-refractivity contribution in [2.45, 2.75) is 6.54 Å². The summed E-state index contributed by atoms with van der Waals surface area (Å²) in [5, 5.41) is 23.9. The van der Waals surface area contributed by atoms with Crippen molar-refractivity contribution in [1.29, 1.82) is 0 Å². The molecule has 2 aromatic rings. The van der Waals surface area contributed by atoms with Crippen LogP contribution >= 0.6 is 0 Å². The molecule has 0 amide bonds. The number of nitro benzene ring substituents is 1. The molecular formula is C11H9N3O4. The van der Waals surface area contributed by atoms with E-state index in [9.17, 15) is 20.0 Å². The van der Waals surface area contributed by atoms with Crippen molar-refractivity contribution in [3.05, 3.63) is 40.6 Å². The number of aldehydes is 1. The number of nitro groups is 1. The van der Waals surface area contributed by atoms with Gasteiger partial charge in [0.15, 0.2) is 0 Å². The van der Waals surface area contributed by atoms with Crippen LogP contribution in [0.15, 0.2) is 30.5 Å². The van der Waals surface area contributed by atoms with Crippen LogP contribution in [0.2, 0.25) is 0 Å². The molecule has 18 heavy (non-hydrogen) atoms. The molecule has 1 heterocycles. The Kier molecular flexibility index (Phi) is 3.05. The van der Waals surface area contributed by atoms with E-state index in [2.05, 4.69) is 5.10 Å². The number of nitrogens with zero attached hydrogens (tertiary/aromatic N) is 3. The van der Waals surface area contributed by atoms with Gasteiger partial charge in [-0.3, -0.25) is 14.8 Å². The smallest absolute Gasteiger partial charge is 0.269 e. The summed E-state index contributed by atoms with van der Waals surface area (Å²) in [4.78, 5) is 20.3. The van der Waals surface area contributed by atoms with E-state index < -0.39 is 4.92 Å². The van der Waals surface area contributed by atoms with Crippen LogP contribution in [-0.2, 0) is 11.3 Å². The maximum Gasteiger partial charge on any atom is 0.269 e. The Hall–Kier alpha value is -2.70. The van der Waals surface area contributed by atoms with E-state index in [1.807, 2.05) is 0 Å². The molecule has 0 aliphatic carbocycles. The van der Waals surface area contributed by atoms with E-state index >= 15 is 0 Å². The van der Waals surface area contributed by atoms with Gasteiger partial charge in [-0.25, -0.2) is 0 Å². The standard InChI is InChI=1S/C11H9N3O4/c15-6-5-13-7-10(11(16)12-13)8-1-3-9(4-2-8)14(17)18/h1-4,6-7H,5H2,(H,12,16). The van der Waals surface area contributed by atoms with Crippen molar-refractivity contribution < 1.29 is 14.8 Å². The molecule has 0 fully saturated rings. The number of aromatic hydroxyl groups is 1. The monoisotopic (exact) mass is 247 g/mol. The Balaban J connectivity index is 2.36. The van der Waals surface area contributed by atoms with Crippen molar-refractivity contribution in [1.82, 2.24) is 9.78 Å². The van der Waals surface area contributed by atoms with Gasteiger partial charge in [-0.1, -0.05) is 0 Å². The minimum Gasteiger partial charge on any atom is -0.492 e. The third-order valence-electron chi connectivity index (χ3n) is 2.39. The summed E-state index contributed by atoms with van der Waals surface area (Å²) >= 11 is 0. The summed E-state index contributed by atoms with van der Waals surface area (Å²) in [6.07, 6.45) is 2.16. The van der Waals surface area contributed by atoms with Crippen molar-refractivity contribution in [2.24, 2.45) is 0 Å². The number of rotatable bonds is 4. The van der Waals surface area contributed by atoms with Crippen LogP contribution in [0.4, 0.5) is 5.69 Å². The predicted octanol–water partition coefficient (Wildman–Crippen LogP) is 1.36. The van der Waals surface area contributed by atoms with Gasteiger partial charge in [0.05, 0.1) is 17.0 Å². The van der Waals surface area contributed by atoms with Crippen LogP contribution in [0, 0.1) is 10.1 Å². The fraction of sp³-hybridized carbons (Fsp3) is 0.0909. The quantitative estimate of drug-likeness (QED) is 0.499. The fourth-order valence-electron chi connectivity index (χ4n) is 1.55. The van der Waals surface area contributed by atoms with Crippen LogP contribution < -0.4 is 0 Å². The minimum atomic E-state index is -0.501. The molecule has 0 atom stereocenters. The van der Waals surface area contributed by atoms with Crippen molar-refractivity contribution in [3.8, 4) is 17.0 Å². The highest BCUT2D eigenvalue weighted by molar-refractivity contribution is 5.68. The number of carbonyl (C=O) groups is 1. The predicted molar refractivity (Wildman–Crippen MR) is 62.0 cm³/mol. The fourth-order valence-corrected chi connectivity index (χ4v) is 1.55. The molecule has 7 heteroatoms. The first-order valence-electron chi connectivity index (χ1n) is 5.06. The van der Waals surface area contributed by atoms with E-state index in [0.717, 1.165) is 0 Å². The molecule has 0 saturated carbocycles. The molecule has 0 spiro atoms. The first-order valence-corrected chi connectivity index (χ1v) is 5.06. The zero-order valence-corrected chi connectivity index (χ0v) is 9.18. The van der Waals surface area contributed by atoms with Crippen molar-refractivity contribution in [3.63, 3.8) is 0 Å². The molecule has 92 valence electrons. The summed E-state index contributed by atoms with van der Waals surface area (Å²) in [7, 11) is 0. The second-order valence-electron chi connectivity index (χ2n) is 3.56. The van der Waals surface area contributed by atoms with E-state index in [1.54, 1.807) is 0 Å². The van der Waals surface area contributed by atoms with Crippen LogP contribution in [0.3, 0.4) is 0 Å². The van der Waals surface area contributed by atoms with Gasteiger partial charge >= 0.3 is 0 Å². The topological polar surface area (TPSA) is 98.3 Å². The molecule has 0 aliphatic rings. The highest BCUT2D eigenvalue weighted by Crippen LogP contribution is 2.28. The molecule has 0 bridgehead atoms. The Bertz CT molecular complexity index is 589. The lowest BCUT2D eigenvalue weighted by molar-refractivity contribution is -0.384. The van der Waals surface area contributed by atoms with Gasteiger partial charge < -0.3 is 9.90 Å². The summed E-state index contributed by atoms with van der Waals surface area (Å²) in [6, 6.07) is 5.71. The molecule has 7 nitrogen and oxygen atoms in total. The van der Waals surface area contributed by atoms with Gasteiger partial charge in [0, 0.05) is 18.3 Å². The number of hydrogen-bond acceptors (Lipinski definition) is 5. The molecular weight excluding hydrogens is 238 g/mol. The van der Waals surface area contributed by atoms with E-state index in [4.69, 9.17) is 0 Å². The molecule has 1 N–H and O–H groups in total. The van der Waals surface area contributed by atoms with Crippen LogP contribution in [-0.4, -0.2) is 26.1 Å². The van der Waals surface area contributed by atoms with E-state index in [1.165, 1.54) is 35.1 Å². The lowest BCUT2D eigenvalue weighted by atomic mass is 10.1. The van der Waals surface area contributed by atoms with Crippen LogP contribution in [0.1, 0.15) is 0 Å². The van der Waals surface area contributed by atoms with Crippen LogP contribution in [0.5, 0.6) is 5.88 Å². The first kappa shape index (κ1) is 11.8. The molecule has 1 aromatic heterocycles. The lowest BCUT2D eigenvalue weighted by Gasteiger charge is -1.97. The summed E-state index contributed by atoms with van der Waals surface area (Å²) < 4.78 is 1.29. The third kappa shape index (κ3) is 2.19. The molecule has 0 aliphatic heterocycles.